The van der Waals surface area contributed by atoms with Gasteiger partial charge in [0.05, 0.1) is 23.7 Å². The van der Waals surface area contributed by atoms with Crippen molar-refractivity contribution < 1.29 is 19.4 Å². The van der Waals surface area contributed by atoms with Gasteiger partial charge in [0.2, 0.25) is 0 Å². The Hall–Kier alpha value is -2.72. The smallest absolute Gasteiger partial charge is 0.344 e. The monoisotopic (exact) mass is 579 g/mol. The number of hydrogen-bond donors (Lipinski definition) is 1. The molecular formula is C23H23Br2N3O5. The lowest BCUT2D eigenvalue weighted by Crippen LogP contribution is -2.23. The molecule has 33 heavy (non-hydrogen) atoms. The van der Waals surface area contributed by atoms with Crippen molar-refractivity contribution >= 4 is 54.9 Å². The molecule has 10 heteroatoms. The van der Waals surface area contributed by atoms with Crippen molar-refractivity contribution in [1.29, 1.82) is 0 Å². The Morgan fingerprint density at radius 1 is 1.24 bits per heavy atom. The van der Waals surface area contributed by atoms with Crippen LogP contribution in [-0.4, -0.2) is 39.7 Å². The van der Waals surface area contributed by atoms with Crippen molar-refractivity contribution in [2.75, 3.05) is 6.61 Å². The molecule has 3 rings (SSSR count). The third kappa shape index (κ3) is 5.80. The number of hydrogen-bond acceptors (Lipinski definition) is 6. The first kappa shape index (κ1) is 24.9. The van der Waals surface area contributed by atoms with Crippen LogP contribution in [0.25, 0.3) is 10.9 Å². The van der Waals surface area contributed by atoms with Gasteiger partial charge in [-0.3, -0.25) is 4.79 Å². The van der Waals surface area contributed by atoms with Gasteiger partial charge < -0.3 is 14.6 Å². The van der Waals surface area contributed by atoms with Crippen LogP contribution in [-0.2, 0) is 11.2 Å². The van der Waals surface area contributed by atoms with Crippen LogP contribution in [0.5, 0.6) is 11.5 Å². The maximum atomic E-state index is 13.2. The van der Waals surface area contributed by atoms with Gasteiger partial charge in [0.25, 0.3) is 5.56 Å². The topological polar surface area (TPSA) is 103 Å². The summed E-state index contributed by atoms with van der Waals surface area (Å²) in [4.78, 5) is 29.0. The normalized spacial score (nSPS) is 12.3. The molecule has 0 fully saturated rings. The number of rotatable bonds is 9. The Bertz CT molecular complexity index is 1270. The van der Waals surface area contributed by atoms with Gasteiger partial charge in [-0.05, 0) is 66.5 Å². The molecule has 0 amide bonds. The molecule has 8 nitrogen and oxygen atoms in total. The lowest BCUT2D eigenvalue weighted by molar-refractivity contribution is -0.144. The summed E-state index contributed by atoms with van der Waals surface area (Å²) in [6.07, 6.45) is 1.87. The van der Waals surface area contributed by atoms with E-state index in [0.29, 0.717) is 45.5 Å². The highest BCUT2D eigenvalue weighted by Gasteiger charge is 2.18. The number of aryl methyl sites for hydroxylation is 1. The van der Waals surface area contributed by atoms with Crippen LogP contribution in [0.15, 0.2) is 49.2 Å². The molecule has 2 aromatic carbocycles. The standard InChI is InChI=1S/C23H23Br2N3O5/c1-4-6-21-27-18-8-7-15(24)10-16(18)22(29)28(21)26-12-14-9-19(32-5-2)20(11-17(14)25)33-13(3)23(30)31/h7-13H,4-6H2,1-3H3,(H,30,31)/t13-/m1/s1. The molecule has 0 spiro atoms. The Morgan fingerprint density at radius 2 is 2.00 bits per heavy atom. The van der Waals surface area contributed by atoms with Gasteiger partial charge >= 0.3 is 5.97 Å². The fourth-order valence-electron chi connectivity index (χ4n) is 3.07. The molecule has 1 N–H and O–H groups in total. The number of halogens is 2. The minimum Gasteiger partial charge on any atom is -0.490 e. The second-order valence-corrected chi connectivity index (χ2v) is 8.92. The van der Waals surface area contributed by atoms with Gasteiger partial charge in [-0.1, -0.05) is 22.9 Å². The van der Waals surface area contributed by atoms with Crippen LogP contribution in [0, 0.1) is 0 Å². The van der Waals surface area contributed by atoms with Gasteiger partial charge in [0.1, 0.15) is 5.82 Å². The molecule has 0 saturated heterocycles. The third-order valence-electron chi connectivity index (χ3n) is 4.68. The highest BCUT2D eigenvalue weighted by molar-refractivity contribution is 9.10. The minimum absolute atomic E-state index is 0.266. The number of aliphatic carboxylic acids is 1. The van der Waals surface area contributed by atoms with Gasteiger partial charge in [-0.25, -0.2) is 9.78 Å². The molecule has 0 radical (unpaired) electrons. The number of carboxylic acids is 1. The Labute approximate surface area is 207 Å². The lowest BCUT2D eigenvalue weighted by atomic mass is 10.2. The number of carboxylic acid groups (broad SMARTS) is 1. The SMILES string of the molecule is CCCc1nc2ccc(Br)cc2c(=O)n1N=Cc1cc(OCC)c(O[C@H](C)C(=O)O)cc1Br. The summed E-state index contributed by atoms with van der Waals surface area (Å²) in [5, 5.41) is 14.0. The summed E-state index contributed by atoms with van der Waals surface area (Å²) >= 11 is 6.86. The first-order valence-electron chi connectivity index (χ1n) is 10.4. The average Bonchev–Trinajstić information content (AvgIpc) is 2.76. The van der Waals surface area contributed by atoms with E-state index >= 15 is 0 Å². The highest BCUT2D eigenvalue weighted by Crippen LogP contribution is 2.34. The van der Waals surface area contributed by atoms with Crippen molar-refractivity contribution in [2.45, 2.75) is 39.7 Å². The average molecular weight is 581 g/mol. The maximum Gasteiger partial charge on any atom is 0.344 e. The molecular weight excluding hydrogens is 558 g/mol. The number of benzene rings is 2. The molecule has 174 valence electrons. The summed E-state index contributed by atoms with van der Waals surface area (Å²) in [7, 11) is 0. The van der Waals surface area contributed by atoms with Crippen LogP contribution >= 0.6 is 31.9 Å². The van der Waals surface area contributed by atoms with Crippen LogP contribution < -0.4 is 15.0 Å². The maximum absolute atomic E-state index is 13.2. The zero-order valence-corrected chi connectivity index (χ0v) is 21.5. The first-order valence-corrected chi connectivity index (χ1v) is 11.9. The van der Waals surface area contributed by atoms with E-state index in [1.165, 1.54) is 17.8 Å². The highest BCUT2D eigenvalue weighted by atomic mass is 79.9. The first-order chi connectivity index (χ1) is 15.7. The Morgan fingerprint density at radius 3 is 2.67 bits per heavy atom. The van der Waals surface area contributed by atoms with E-state index in [1.807, 2.05) is 19.9 Å². The van der Waals surface area contributed by atoms with Gasteiger partial charge in [0, 0.05) is 20.9 Å². The molecule has 0 unspecified atom stereocenters. The zero-order chi connectivity index (χ0) is 24.1. The fourth-order valence-corrected chi connectivity index (χ4v) is 3.86. The van der Waals surface area contributed by atoms with Gasteiger partial charge in [-0.2, -0.15) is 9.78 Å². The quantitative estimate of drug-likeness (QED) is 0.357. The lowest BCUT2D eigenvalue weighted by Gasteiger charge is -2.16. The van der Waals surface area contributed by atoms with Crippen molar-refractivity contribution in [3.63, 3.8) is 0 Å². The summed E-state index contributed by atoms with van der Waals surface area (Å²) < 4.78 is 13.8. The molecule has 3 aromatic rings. The third-order valence-corrected chi connectivity index (χ3v) is 5.86. The van der Waals surface area contributed by atoms with E-state index in [4.69, 9.17) is 14.6 Å². The molecule has 0 aliphatic rings. The molecule has 0 aliphatic carbocycles. The van der Waals surface area contributed by atoms with E-state index in [9.17, 15) is 9.59 Å². The fraction of sp³-hybridized carbons (Fsp3) is 0.304. The second-order valence-electron chi connectivity index (χ2n) is 7.15. The Kier molecular flexibility index (Phi) is 8.25. The van der Waals surface area contributed by atoms with Crippen molar-refractivity contribution in [2.24, 2.45) is 5.10 Å². The summed E-state index contributed by atoms with van der Waals surface area (Å²) in [5.41, 5.74) is 0.974. The van der Waals surface area contributed by atoms with Crippen molar-refractivity contribution in [1.82, 2.24) is 9.66 Å². The predicted octanol–water partition coefficient (Wildman–Crippen LogP) is 5.01. The molecule has 1 atom stereocenters. The summed E-state index contributed by atoms with van der Waals surface area (Å²) in [6.45, 7) is 5.62. The number of ether oxygens (including phenoxy) is 2. The number of carbonyl (C=O) groups is 1. The minimum atomic E-state index is -1.09. The van der Waals surface area contributed by atoms with E-state index in [2.05, 4.69) is 41.9 Å². The molecule has 0 bridgehead atoms. The molecule has 0 aliphatic heterocycles. The van der Waals surface area contributed by atoms with Gasteiger partial charge in [0.15, 0.2) is 17.6 Å². The number of nitrogens with zero attached hydrogens (tertiary/aromatic N) is 3. The van der Waals surface area contributed by atoms with Gasteiger partial charge in [-0.15, -0.1) is 0 Å². The predicted molar refractivity (Wildman–Crippen MR) is 134 cm³/mol. The van der Waals surface area contributed by atoms with Crippen LogP contribution in [0.3, 0.4) is 0 Å². The van der Waals surface area contributed by atoms with Crippen LogP contribution in [0.4, 0.5) is 0 Å². The molecule has 1 heterocycles. The number of aromatic nitrogens is 2. The van der Waals surface area contributed by atoms with E-state index < -0.39 is 12.1 Å². The largest absolute Gasteiger partial charge is 0.490 e. The van der Waals surface area contributed by atoms with Crippen molar-refractivity contribution in [3.05, 3.63) is 61.0 Å². The molecule has 1 aromatic heterocycles. The Balaban J connectivity index is 2.07. The number of fused-ring (bicyclic) bond motifs is 1. The van der Waals surface area contributed by atoms with Crippen LogP contribution in [0.2, 0.25) is 0 Å². The molecule has 0 saturated carbocycles. The van der Waals surface area contributed by atoms with Crippen molar-refractivity contribution in [3.8, 4) is 11.5 Å². The second kappa shape index (κ2) is 10.9. The summed E-state index contributed by atoms with van der Waals surface area (Å²) in [6, 6.07) is 8.67. The zero-order valence-electron chi connectivity index (χ0n) is 18.3. The van der Waals surface area contributed by atoms with E-state index in [-0.39, 0.29) is 11.3 Å². The van der Waals surface area contributed by atoms with Crippen LogP contribution in [0.1, 0.15) is 38.6 Å². The van der Waals surface area contributed by atoms with E-state index in [0.717, 1.165) is 10.9 Å². The van der Waals surface area contributed by atoms with E-state index in [1.54, 1.807) is 24.3 Å². The summed E-state index contributed by atoms with van der Waals surface area (Å²) in [5.74, 6) is 0.135.